The average Bonchev–Trinajstić information content (AvgIpc) is 2.38. The number of thioether (sulfide) groups is 1. The van der Waals surface area contributed by atoms with E-state index in [1.54, 1.807) is 0 Å². The summed E-state index contributed by atoms with van der Waals surface area (Å²) in [4.78, 5) is 1.37. The summed E-state index contributed by atoms with van der Waals surface area (Å²) in [6.45, 7) is 6.47. The van der Waals surface area contributed by atoms with Crippen molar-refractivity contribution >= 4 is 23.4 Å². The predicted octanol–water partition coefficient (Wildman–Crippen LogP) is 5.12. The minimum atomic E-state index is 0.766. The van der Waals surface area contributed by atoms with Crippen molar-refractivity contribution in [3.63, 3.8) is 0 Å². The molecule has 1 aliphatic rings. The summed E-state index contributed by atoms with van der Waals surface area (Å²) in [5.41, 5.74) is 1.38. The highest BCUT2D eigenvalue weighted by Crippen LogP contribution is 2.38. The van der Waals surface area contributed by atoms with Crippen molar-refractivity contribution < 1.29 is 0 Å². The van der Waals surface area contributed by atoms with Gasteiger partial charge in [0, 0.05) is 21.7 Å². The van der Waals surface area contributed by atoms with Gasteiger partial charge < -0.3 is 5.32 Å². The summed E-state index contributed by atoms with van der Waals surface area (Å²) in [6, 6.07) is 6.31. The van der Waals surface area contributed by atoms with Crippen molar-refractivity contribution in [2.75, 3.05) is 6.54 Å². The smallest absolute Gasteiger partial charge is 0.0417 e. The molecule has 0 radical (unpaired) electrons. The SMILES string of the molecule is CCNCc1ccc(Cl)cc1SC1CCCC(C)C1. The van der Waals surface area contributed by atoms with Crippen LogP contribution in [0, 0.1) is 5.92 Å². The standard InChI is InChI=1S/C16H24ClNS/c1-3-18-11-13-7-8-14(17)10-16(13)19-15-6-4-5-12(2)9-15/h7-8,10,12,15,18H,3-6,9,11H2,1-2H3. The van der Waals surface area contributed by atoms with Crippen LogP contribution in [0.3, 0.4) is 0 Å². The summed E-state index contributed by atoms with van der Waals surface area (Å²) < 4.78 is 0. The molecule has 1 N–H and O–H groups in total. The Bertz CT molecular complexity index is 408. The maximum atomic E-state index is 6.16. The fraction of sp³-hybridized carbons (Fsp3) is 0.625. The fourth-order valence-electron chi connectivity index (χ4n) is 2.71. The number of hydrogen-bond acceptors (Lipinski definition) is 2. The Morgan fingerprint density at radius 3 is 2.95 bits per heavy atom. The average molecular weight is 298 g/mol. The number of nitrogens with one attached hydrogen (secondary N) is 1. The summed E-state index contributed by atoms with van der Waals surface area (Å²) in [7, 11) is 0. The Hall–Kier alpha value is -0.180. The Balaban J connectivity index is 2.06. The molecule has 0 amide bonds. The van der Waals surface area contributed by atoms with Gasteiger partial charge in [0.05, 0.1) is 0 Å². The van der Waals surface area contributed by atoms with Gasteiger partial charge in [0.2, 0.25) is 0 Å². The van der Waals surface area contributed by atoms with Crippen molar-refractivity contribution in [3.05, 3.63) is 28.8 Å². The Morgan fingerprint density at radius 1 is 1.37 bits per heavy atom. The topological polar surface area (TPSA) is 12.0 Å². The zero-order valence-corrected chi connectivity index (χ0v) is 13.5. The molecule has 1 fully saturated rings. The minimum Gasteiger partial charge on any atom is -0.313 e. The summed E-state index contributed by atoms with van der Waals surface area (Å²) >= 11 is 8.20. The predicted molar refractivity (Wildman–Crippen MR) is 86.1 cm³/mol. The third-order valence-electron chi connectivity index (χ3n) is 3.78. The second-order valence-electron chi connectivity index (χ2n) is 5.54. The van der Waals surface area contributed by atoms with Crippen LogP contribution in [0.4, 0.5) is 0 Å². The van der Waals surface area contributed by atoms with Crippen molar-refractivity contribution in [3.8, 4) is 0 Å². The van der Waals surface area contributed by atoms with Crippen molar-refractivity contribution in [1.82, 2.24) is 5.32 Å². The van der Waals surface area contributed by atoms with Gasteiger partial charge in [0.1, 0.15) is 0 Å². The van der Waals surface area contributed by atoms with E-state index in [1.807, 2.05) is 17.8 Å². The highest BCUT2D eigenvalue weighted by Gasteiger charge is 2.20. The van der Waals surface area contributed by atoms with E-state index in [9.17, 15) is 0 Å². The Morgan fingerprint density at radius 2 is 2.21 bits per heavy atom. The van der Waals surface area contributed by atoms with E-state index in [2.05, 4.69) is 31.3 Å². The van der Waals surface area contributed by atoms with Crippen LogP contribution in [0.5, 0.6) is 0 Å². The first-order valence-corrected chi connectivity index (χ1v) is 8.60. The van der Waals surface area contributed by atoms with Crippen LogP contribution in [0.15, 0.2) is 23.1 Å². The van der Waals surface area contributed by atoms with Crippen LogP contribution in [-0.2, 0) is 6.54 Å². The lowest BCUT2D eigenvalue weighted by molar-refractivity contribution is 0.394. The zero-order chi connectivity index (χ0) is 13.7. The maximum absolute atomic E-state index is 6.16. The molecule has 0 bridgehead atoms. The van der Waals surface area contributed by atoms with Gasteiger partial charge in [-0.25, -0.2) is 0 Å². The number of rotatable bonds is 5. The van der Waals surface area contributed by atoms with Gasteiger partial charge in [0.15, 0.2) is 0 Å². The van der Waals surface area contributed by atoms with E-state index >= 15 is 0 Å². The van der Waals surface area contributed by atoms with Gasteiger partial charge in [0.25, 0.3) is 0 Å². The molecule has 0 heterocycles. The molecule has 1 aliphatic carbocycles. The third kappa shape index (κ3) is 4.70. The highest BCUT2D eigenvalue weighted by molar-refractivity contribution is 8.00. The lowest BCUT2D eigenvalue weighted by atomic mass is 9.91. The molecule has 0 aromatic heterocycles. The lowest BCUT2D eigenvalue weighted by Gasteiger charge is -2.27. The van der Waals surface area contributed by atoms with Crippen LogP contribution in [-0.4, -0.2) is 11.8 Å². The molecule has 1 aromatic carbocycles. The molecule has 2 unspecified atom stereocenters. The highest BCUT2D eigenvalue weighted by atomic mass is 35.5. The third-order valence-corrected chi connectivity index (χ3v) is 5.41. The van der Waals surface area contributed by atoms with Crippen LogP contribution in [0.1, 0.15) is 45.1 Å². The Kier molecular flexibility index (Phi) is 6.06. The molecule has 1 saturated carbocycles. The van der Waals surface area contributed by atoms with E-state index in [1.165, 1.54) is 36.1 Å². The maximum Gasteiger partial charge on any atom is 0.0417 e. The quantitative estimate of drug-likeness (QED) is 0.809. The normalized spacial score (nSPS) is 23.5. The van der Waals surface area contributed by atoms with Crippen LogP contribution >= 0.6 is 23.4 Å². The van der Waals surface area contributed by atoms with Gasteiger partial charge in [-0.3, -0.25) is 0 Å². The number of benzene rings is 1. The van der Waals surface area contributed by atoms with E-state index in [0.717, 1.165) is 29.3 Å². The zero-order valence-electron chi connectivity index (χ0n) is 11.9. The minimum absolute atomic E-state index is 0.766. The molecule has 3 heteroatoms. The van der Waals surface area contributed by atoms with Crippen LogP contribution in [0.25, 0.3) is 0 Å². The first-order chi connectivity index (χ1) is 9.19. The largest absolute Gasteiger partial charge is 0.313 e. The van der Waals surface area contributed by atoms with Gasteiger partial charge in [-0.2, -0.15) is 0 Å². The van der Waals surface area contributed by atoms with Crippen molar-refractivity contribution in [2.24, 2.45) is 5.92 Å². The van der Waals surface area contributed by atoms with Gasteiger partial charge >= 0.3 is 0 Å². The van der Waals surface area contributed by atoms with Crippen molar-refractivity contribution in [1.29, 1.82) is 0 Å². The molecule has 106 valence electrons. The summed E-state index contributed by atoms with van der Waals surface area (Å²) in [5, 5.41) is 5.03. The first-order valence-electron chi connectivity index (χ1n) is 7.34. The second kappa shape index (κ2) is 7.56. The van der Waals surface area contributed by atoms with Crippen molar-refractivity contribution in [2.45, 2.75) is 56.2 Å². The molecule has 1 nitrogen and oxygen atoms in total. The number of hydrogen-bond donors (Lipinski definition) is 1. The Labute approximate surface area is 126 Å². The molecular weight excluding hydrogens is 274 g/mol. The van der Waals surface area contributed by atoms with E-state index in [0.29, 0.717) is 0 Å². The van der Waals surface area contributed by atoms with Gasteiger partial charge in [-0.15, -0.1) is 11.8 Å². The monoisotopic (exact) mass is 297 g/mol. The van der Waals surface area contributed by atoms with Crippen LogP contribution in [0.2, 0.25) is 5.02 Å². The van der Waals surface area contributed by atoms with Crippen LogP contribution < -0.4 is 5.32 Å². The molecular formula is C16H24ClNS. The number of halogens is 1. The molecule has 0 aliphatic heterocycles. The first kappa shape index (κ1) is 15.2. The summed E-state index contributed by atoms with van der Waals surface area (Å²) in [5.74, 6) is 0.877. The molecule has 2 atom stereocenters. The molecule has 2 rings (SSSR count). The molecule has 0 spiro atoms. The molecule has 19 heavy (non-hydrogen) atoms. The fourth-order valence-corrected chi connectivity index (χ4v) is 4.50. The van der Waals surface area contributed by atoms with Gasteiger partial charge in [-0.05, 0) is 43.0 Å². The van der Waals surface area contributed by atoms with Gasteiger partial charge in [-0.1, -0.05) is 44.4 Å². The van der Waals surface area contributed by atoms with E-state index in [4.69, 9.17) is 11.6 Å². The van der Waals surface area contributed by atoms with E-state index in [-0.39, 0.29) is 0 Å². The van der Waals surface area contributed by atoms with E-state index < -0.39 is 0 Å². The summed E-state index contributed by atoms with van der Waals surface area (Å²) in [6.07, 6.45) is 5.47. The molecule has 1 aromatic rings. The second-order valence-corrected chi connectivity index (χ2v) is 7.32. The molecule has 0 saturated heterocycles. The lowest BCUT2D eigenvalue weighted by Crippen LogP contribution is -2.16.